The van der Waals surface area contributed by atoms with Crippen molar-refractivity contribution >= 4 is 16.9 Å². The molecule has 2 aromatic heterocycles. The number of pyridine rings is 1. The summed E-state index contributed by atoms with van der Waals surface area (Å²) in [5, 5.41) is 2.95. The van der Waals surface area contributed by atoms with Crippen LogP contribution in [0.2, 0.25) is 0 Å². The molecule has 0 unspecified atom stereocenters. The number of rotatable bonds is 2. The summed E-state index contributed by atoms with van der Waals surface area (Å²) < 4.78 is 26.8. The van der Waals surface area contributed by atoms with Crippen molar-refractivity contribution in [2.24, 2.45) is 5.41 Å². The van der Waals surface area contributed by atoms with Gasteiger partial charge in [-0.2, -0.15) is 0 Å². The summed E-state index contributed by atoms with van der Waals surface area (Å²) in [6, 6.07) is 1.43. The van der Waals surface area contributed by atoms with Crippen LogP contribution < -0.4 is 5.32 Å². The van der Waals surface area contributed by atoms with Crippen LogP contribution in [0.15, 0.2) is 12.3 Å². The van der Waals surface area contributed by atoms with Gasteiger partial charge < -0.3 is 10.3 Å². The largest absolute Gasteiger partial charge is 0.348 e. The van der Waals surface area contributed by atoms with Crippen LogP contribution in [0.5, 0.6) is 0 Å². The Bertz CT molecular complexity index is 713. The van der Waals surface area contributed by atoms with Crippen molar-refractivity contribution in [3.8, 4) is 0 Å². The number of H-pyrrole nitrogens is 1. The highest BCUT2D eigenvalue weighted by atomic mass is 19.2. The number of hydrogen-bond donors (Lipinski definition) is 2. The zero-order chi connectivity index (χ0) is 15.9. The van der Waals surface area contributed by atoms with Crippen LogP contribution in [0.4, 0.5) is 8.78 Å². The smallest absolute Gasteiger partial charge is 0.267 e. The van der Waals surface area contributed by atoms with E-state index in [2.05, 4.69) is 29.1 Å². The van der Waals surface area contributed by atoms with E-state index in [9.17, 15) is 13.6 Å². The maximum Gasteiger partial charge on any atom is 0.267 e. The van der Waals surface area contributed by atoms with E-state index in [1.807, 2.05) is 0 Å². The topological polar surface area (TPSA) is 57.8 Å². The van der Waals surface area contributed by atoms with Crippen LogP contribution >= 0.6 is 0 Å². The summed E-state index contributed by atoms with van der Waals surface area (Å²) in [4.78, 5) is 18.8. The van der Waals surface area contributed by atoms with Crippen LogP contribution in [0.1, 0.15) is 50.0 Å². The fourth-order valence-electron chi connectivity index (χ4n) is 2.95. The number of amides is 1. The third-order valence-electron chi connectivity index (χ3n) is 4.47. The molecule has 1 saturated carbocycles. The molecule has 4 nitrogen and oxygen atoms in total. The predicted molar refractivity (Wildman–Crippen MR) is 79.5 cm³/mol. The molecule has 0 saturated heterocycles. The van der Waals surface area contributed by atoms with Crippen LogP contribution in [0.3, 0.4) is 0 Å². The molecule has 0 spiro atoms. The number of carbonyl (C=O) groups excluding carboxylic acids is 1. The molecule has 1 aliphatic rings. The summed E-state index contributed by atoms with van der Waals surface area (Å²) in [6.45, 7) is 4.46. The molecule has 1 aliphatic carbocycles. The lowest BCUT2D eigenvalue weighted by Crippen LogP contribution is -2.39. The standard InChI is InChI=1S/C16H19F2N3O/c1-16(2)5-3-9(4-6-16)20-15(22)12-7-10-13(18)11(17)8-19-14(10)21-12/h7-9H,3-6H2,1-2H3,(H,19,21)(H,20,22). The minimum absolute atomic E-state index is 0.00470. The van der Waals surface area contributed by atoms with Gasteiger partial charge in [-0.1, -0.05) is 13.8 Å². The predicted octanol–water partition coefficient (Wildman–Crippen LogP) is 3.54. The lowest BCUT2D eigenvalue weighted by atomic mass is 9.75. The molecule has 118 valence electrons. The van der Waals surface area contributed by atoms with Gasteiger partial charge in [0.25, 0.3) is 5.91 Å². The summed E-state index contributed by atoms with van der Waals surface area (Å²) in [7, 11) is 0. The number of aromatic amines is 1. The van der Waals surface area contributed by atoms with Crippen LogP contribution in [-0.2, 0) is 0 Å². The van der Waals surface area contributed by atoms with Crippen molar-refractivity contribution in [1.29, 1.82) is 0 Å². The zero-order valence-electron chi connectivity index (χ0n) is 12.7. The molecule has 2 aromatic rings. The van der Waals surface area contributed by atoms with Crippen LogP contribution in [0.25, 0.3) is 11.0 Å². The Labute approximate surface area is 127 Å². The first-order chi connectivity index (χ1) is 10.4. The molecule has 0 atom stereocenters. The second-order valence-corrected chi connectivity index (χ2v) is 6.78. The van der Waals surface area contributed by atoms with Crippen LogP contribution in [-0.4, -0.2) is 21.9 Å². The van der Waals surface area contributed by atoms with Gasteiger partial charge >= 0.3 is 0 Å². The number of hydrogen-bond acceptors (Lipinski definition) is 2. The van der Waals surface area contributed by atoms with Gasteiger partial charge in [-0.15, -0.1) is 0 Å². The summed E-state index contributed by atoms with van der Waals surface area (Å²) >= 11 is 0. The third kappa shape index (κ3) is 2.82. The minimum atomic E-state index is -1.02. The molecule has 0 aromatic carbocycles. The Morgan fingerprint density at radius 3 is 2.73 bits per heavy atom. The van der Waals surface area contributed by atoms with Gasteiger partial charge in [0.15, 0.2) is 11.6 Å². The van der Waals surface area contributed by atoms with E-state index < -0.39 is 11.6 Å². The van der Waals surface area contributed by atoms with Crippen molar-refractivity contribution in [1.82, 2.24) is 15.3 Å². The summed E-state index contributed by atoms with van der Waals surface area (Å²) in [5.41, 5.74) is 0.707. The van der Waals surface area contributed by atoms with E-state index in [0.717, 1.165) is 31.9 Å². The Balaban J connectivity index is 1.74. The highest BCUT2D eigenvalue weighted by molar-refractivity contribution is 5.97. The van der Waals surface area contributed by atoms with Crippen molar-refractivity contribution in [3.05, 3.63) is 29.6 Å². The fraction of sp³-hybridized carbons (Fsp3) is 0.500. The molecule has 22 heavy (non-hydrogen) atoms. The molecule has 2 N–H and O–H groups in total. The SMILES string of the molecule is CC1(C)CCC(NC(=O)c2cc3c(F)c(F)cnc3[nH]2)CC1. The minimum Gasteiger partial charge on any atom is -0.348 e. The van der Waals surface area contributed by atoms with Gasteiger partial charge in [0.05, 0.1) is 11.6 Å². The number of fused-ring (bicyclic) bond motifs is 1. The molecule has 2 heterocycles. The quantitative estimate of drug-likeness (QED) is 0.891. The number of nitrogens with zero attached hydrogens (tertiary/aromatic N) is 1. The van der Waals surface area contributed by atoms with Crippen molar-refractivity contribution < 1.29 is 13.6 Å². The van der Waals surface area contributed by atoms with E-state index in [-0.39, 0.29) is 28.7 Å². The van der Waals surface area contributed by atoms with Crippen molar-refractivity contribution in [3.63, 3.8) is 0 Å². The Kier molecular flexibility index (Phi) is 3.62. The van der Waals surface area contributed by atoms with Gasteiger partial charge in [-0.05, 0) is 37.2 Å². The Hall–Kier alpha value is -1.98. The number of halogens is 2. The van der Waals surface area contributed by atoms with E-state index in [1.54, 1.807) is 0 Å². The maximum absolute atomic E-state index is 13.7. The lowest BCUT2D eigenvalue weighted by molar-refractivity contribution is 0.0905. The molecule has 1 fully saturated rings. The zero-order valence-corrected chi connectivity index (χ0v) is 12.7. The lowest BCUT2D eigenvalue weighted by Gasteiger charge is -2.34. The number of nitrogens with one attached hydrogen (secondary N) is 2. The first-order valence-electron chi connectivity index (χ1n) is 7.49. The molecule has 0 radical (unpaired) electrons. The maximum atomic E-state index is 13.7. The highest BCUT2D eigenvalue weighted by Crippen LogP contribution is 2.35. The van der Waals surface area contributed by atoms with Gasteiger partial charge in [0.2, 0.25) is 0 Å². The van der Waals surface area contributed by atoms with E-state index in [4.69, 9.17) is 0 Å². The first-order valence-corrected chi connectivity index (χ1v) is 7.49. The Morgan fingerprint density at radius 2 is 2.05 bits per heavy atom. The Morgan fingerprint density at radius 1 is 1.36 bits per heavy atom. The van der Waals surface area contributed by atoms with Crippen molar-refractivity contribution in [2.75, 3.05) is 0 Å². The van der Waals surface area contributed by atoms with Gasteiger partial charge in [0, 0.05) is 6.04 Å². The average molecular weight is 307 g/mol. The highest BCUT2D eigenvalue weighted by Gasteiger charge is 2.28. The van der Waals surface area contributed by atoms with Crippen molar-refractivity contribution in [2.45, 2.75) is 45.6 Å². The molecule has 3 rings (SSSR count). The van der Waals surface area contributed by atoms with E-state index in [0.29, 0.717) is 5.41 Å². The fourth-order valence-corrected chi connectivity index (χ4v) is 2.95. The molecule has 6 heteroatoms. The summed E-state index contributed by atoms with van der Waals surface area (Å²) in [6.07, 6.45) is 4.79. The molecular formula is C16H19F2N3O. The van der Waals surface area contributed by atoms with Gasteiger partial charge in [0.1, 0.15) is 11.3 Å². The van der Waals surface area contributed by atoms with E-state index >= 15 is 0 Å². The normalized spacial score (nSPS) is 18.5. The number of carbonyl (C=O) groups is 1. The molecule has 0 bridgehead atoms. The number of aromatic nitrogens is 2. The first kappa shape index (κ1) is 14.9. The van der Waals surface area contributed by atoms with Gasteiger partial charge in [-0.3, -0.25) is 4.79 Å². The second kappa shape index (κ2) is 5.34. The van der Waals surface area contributed by atoms with E-state index in [1.165, 1.54) is 6.07 Å². The average Bonchev–Trinajstić information content (AvgIpc) is 2.90. The summed E-state index contributed by atoms with van der Waals surface area (Å²) in [5.74, 6) is -2.31. The third-order valence-corrected chi connectivity index (χ3v) is 4.47. The molecule has 0 aliphatic heterocycles. The van der Waals surface area contributed by atoms with Crippen LogP contribution in [0, 0.1) is 17.0 Å². The monoisotopic (exact) mass is 307 g/mol. The molecular weight excluding hydrogens is 288 g/mol. The van der Waals surface area contributed by atoms with Gasteiger partial charge in [-0.25, -0.2) is 13.8 Å². The second-order valence-electron chi connectivity index (χ2n) is 6.78. The molecule has 1 amide bonds.